The lowest BCUT2D eigenvalue weighted by Gasteiger charge is -2.31. The molecule has 0 aliphatic carbocycles. The third kappa shape index (κ3) is 3.05. The predicted molar refractivity (Wildman–Crippen MR) is 82.3 cm³/mol. The number of hydrogen-bond donors (Lipinski definition) is 1. The Labute approximate surface area is 126 Å². The Morgan fingerprint density at radius 2 is 2.19 bits per heavy atom. The van der Waals surface area contributed by atoms with Crippen molar-refractivity contribution in [3.05, 3.63) is 29.8 Å². The Bertz CT molecular complexity index is 497. The monoisotopic (exact) mass is 288 g/mol. The molecule has 0 saturated carbocycles. The molecule has 1 aromatic rings. The van der Waals surface area contributed by atoms with Crippen molar-refractivity contribution < 1.29 is 9.53 Å². The van der Waals surface area contributed by atoms with Crippen LogP contribution in [0.1, 0.15) is 43.7 Å². The van der Waals surface area contributed by atoms with Crippen molar-refractivity contribution in [3.8, 4) is 5.75 Å². The van der Waals surface area contributed by atoms with E-state index >= 15 is 0 Å². The first kappa shape index (κ1) is 14.4. The van der Waals surface area contributed by atoms with Gasteiger partial charge in [-0.1, -0.05) is 18.6 Å². The second-order valence-corrected chi connectivity index (χ2v) is 5.97. The number of carbonyl (C=O) groups excluding carboxylic acids is 1. The van der Waals surface area contributed by atoms with Crippen LogP contribution in [-0.2, 0) is 4.79 Å². The van der Waals surface area contributed by atoms with Gasteiger partial charge in [0, 0.05) is 6.54 Å². The predicted octanol–water partition coefficient (Wildman–Crippen LogP) is 2.50. The van der Waals surface area contributed by atoms with E-state index < -0.39 is 0 Å². The Balaban J connectivity index is 1.76. The molecule has 1 unspecified atom stereocenters. The molecule has 114 valence electrons. The molecule has 2 aliphatic heterocycles. The maximum absolute atomic E-state index is 12.8. The zero-order valence-corrected chi connectivity index (χ0v) is 12.7. The average Bonchev–Trinajstić information content (AvgIpc) is 3.04. The molecule has 4 heteroatoms. The molecule has 4 nitrogen and oxygen atoms in total. The van der Waals surface area contributed by atoms with Crippen molar-refractivity contribution in [1.29, 1.82) is 0 Å². The maximum Gasteiger partial charge on any atom is 0.240 e. The van der Waals surface area contributed by atoms with Crippen molar-refractivity contribution in [2.75, 3.05) is 20.2 Å². The molecule has 0 spiro atoms. The third-order valence-electron chi connectivity index (χ3n) is 4.62. The van der Waals surface area contributed by atoms with Crippen molar-refractivity contribution in [2.24, 2.45) is 0 Å². The first-order valence-corrected chi connectivity index (χ1v) is 7.97. The highest BCUT2D eigenvalue weighted by atomic mass is 16.5. The first-order valence-electron chi connectivity index (χ1n) is 7.97. The molecule has 2 aliphatic rings. The van der Waals surface area contributed by atoms with Gasteiger partial charge >= 0.3 is 0 Å². The normalized spacial score (nSPS) is 25.9. The summed E-state index contributed by atoms with van der Waals surface area (Å²) in [5.41, 5.74) is 1.19. The molecule has 1 N–H and O–H groups in total. The Kier molecular flexibility index (Phi) is 4.44. The number of rotatable bonds is 3. The van der Waals surface area contributed by atoms with Gasteiger partial charge in [0.25, 0.3) is 0 Å². The highest BCUT2D eigenvalue weighted by Gasteiger charge is 2.34. The molecule has 3 rings (SSSR count). The van der Waals surface area contributed by atoms with Crippen LogP contribution in [0.15, 0.2) is 24.3 Å². The molecule has 1 aromatic carbocycles. The molecule has 2 atom stereocenters. The highest BCUT2D eigenvalue weighted by molar-refractivity contribution is 5.82. The van der Waals surface area contributed by atoms with Crippen LogP contribution >= 0.6 is 0 Å². The summed E-state index contributed by atoms with van der Waals surface area (Å²) in [6, 6.07) is 8.35. The van der Waals surface area contributed by atoms with E-state index in [1.165, 1.54) is 12.0 Å². The minimum absolute atomic E-state index is 0.0185. The first-order chi connectivity index (χ1) is 10.3. The van der Waals surface area contributed by atoms with E-state index in [1.54, 1.807) is 7.11 Å². The fraction of sp³-hybridized carbons (Fsp3) is 0.588. The van der Waals surface area contributed by atoms with Crippen molar-refractivity contribution in [2.45, 2.75) is 44.2 Å². The molecule has 0 bridgehead atoms. The number of nitrogens with one attached hydrogen (secondary N) is 1. The van der Waals surface area contributed by atoms with Crippen molar-refractivity contribution in [3.63, 3.8) is 0 Å². The lowest BCUT2D eigenvalue weighted by Crippen LogP contribution is -2.48. The van der Waals surface area contributed by atoms with Gasteiger partial charge in [0.2, 0.25) is 5.91 Å². The van der Waals surface area contributed by atoms with Crippen LogP contribution in [0.25, 0.3) is 0 Å². The number of benzene rings is 1. The van der Waals surface area contributed by atoms with E-state index in [2.05, 4.69) is 22.3 Å². The quantitative estimate of drug-likeness (QED) is 0.929. The fourth-order valence-electron chi connectivity index (χ4n) is 3.49. The number of carbonyl (C=O) groups is 1. The lowest BCUT2D eigenvalue weighted by atomic mass is 10.0. The summed E-state index contributed by atoms with van der Waals surface area (Å²) < 4.78 is 5.31. The van der Waals surface area contributed by atoms with Crippen molar-refractivity contribution >= 4 is 5.91 Å². The molecular formula is C17H24N2O2. The van der Waals surface area contributed by atoms with E-state index in [9.17, 15) is 4.79 Å². The van der Waals surface area contributed by atoms with Gasteiger partial charge in [0.1, 0.15) is 5.75 Å². The number of nitrogens with zero attached hydrogens (tertiary/aromatic N) is 1. The van der Waals surface area contributed by atoms with Crippen LogP contribution in [0.2, 0.25) is 0 Å². The molecule has 0 aromatic heterocycles. The van der Waals surface area contributed by atoms with Crippen LogP contribution in [0.4, 0.5) is 0 Å². The van der Waals surface area contributed by atoms with E-state index in [-0.39, 0.29) is 18.0 Å². The minimum atomic E-state index is 0.0185. The smallest absolute Gasteiger partial charge is 0.240 e. The Morgan fingerprint density at radius 1 is 1.29 bits per heavy atom. The van der Waals surface area contributed by atoms with Crippen LogP contribution in [0, 0.1) is 0 Å². The van der Waals surface area contributed by atoms with Gasteiger partial charge in [-0.25, -0.2) is 0 Å². The van der Waals surface area contributed by atoms with Crippen LogP contribution in [0.3, 0.4) is 0 Å². The molecule has 0 radical (unpaired) electrons. The fourth-order valence-corrected chi connectivity index (χ4v) is 3.49. The van der Waals surface area contributed by atoms with Gasteiger partial charge in [-0.2, -0.15) is 0 Å². The zero-order chi connectivity index (χ0) is 14.7. The highest BCUT2D eigenvalue weighted by Crippen LogP contribution is 2.34. The lowest BCUT2D eigenvalue weighted by molar-refractivity contribution is -0.135. The van der Waals surface area contributed by atoms with E-state index in [1.807, 2.05) is 12.1 Å². The molecule has 2 fully saturated rings. The number of ether oxygens (including phenoxy) is 1. The third-order valence-corrected chi connectivity index (χ3v) is 4.62. The van der Waals surface area contributed by atoms with E-state index in [4.69, 9.17) is 4.74 Å². The number of piperidine rings is 1. The standard InChI is InChI=1S/C17H24N2O2/c1-21-14-7-4-6-13(12-14)16-9-5-11-19(16)17(20)15-8-2-3-10-18-15/h4,6-7,12,15-16,18H,2-3,5,8-11H2,1H3/t15-,16?/m1/s1. The van der Waals surface area contributed by atoms with Crippen molar-refractivity contribution in [1.82, 2.24) is 10.2 Å². The summed E-state index contributed by atoms with van der Waals surface area (Å²) in [6.45, 7) is 1.84. The molecular weight excluding hydrogens is 264 g/mol. The summed E-state index contributed by atoms with van der Waals surface area (Å²) in [5.74, 6) is 1.14. The van der Waals surface area contributed by atoms with Gasteiger partial charge in [-0.3, -0.25) is 4.79 Å². The molecule has 21 heavy (non-hydrogen) atoms. The van der Waals surface area contributed by atoms with Gasteiger partial charge in [-0.05, 0) is 49.9 Å². The zero-order valence-electron chi connectivity index (χ0n) is 12.7. The number of likely N-dealkylation sites (tertiary alicyclic amines) is 1. The SMILES string of the molecule is COc1cccc(C2CCCN2C(=O)[C@H]2CCCCN2)c1. The Morgan fingerprint density at radius 3 is 2.95 bits per heavy atom. The largest absolute Gasteiger partial charge is 0.497 e. The topological polar surface area (TPSA) is 41.6 Å². The maximum atomic E-state index is 12.8. The average molecular weight is 288 g/mol. The molecule has 1 amide bonds. The second kappa shape index (κ2) is 6.48. The van der Waals surface area contributed by atoms with Crippen LogP contribution in [0.5, 0.6) is 5.75 Å². The molecule has 2 heterocycles. The van der Waals surface area contributed by atoms with E-state index in [0.717, 1.165) is 44.5 Å². The van der Waals surface area contributed by atoms with E-state index in [0.29, 0.717) is 0 Å². The number of methoxy groups -OCH3 is 1. The summed E-state index contributed by atoms with van der Waals surface area (Å²) in [4.78, 5) is 14.8. The van der Waals surface area contributed by atoms with Gasteiger partial charge in [0.15, 0.2) is 0 Å². The van der Waals surface area contributed by atoms with Gasteiger partial charge in [0.05, 0.1) is 19.2 Å². The minimum Gasteiger partial charge on any atom is -0.497 e. The van der Waals surface area contributed by atoms with Crippen LogP contribution < -0.4 is 10.1 Å². The van der Waals surface area contributed by atoms with Gasteiger partial charge < -0.3 is 15.0 Å². The van der Waals surface area contributed by atoms with Gasteiger partial charge in [-0.15, -0.1) is 0 Å². The summed E-state index contributed by atoms with van der Waals surface area (Å²) >= 11 is 0. The Hall–Kier alpha value is -1.55. The second-order valence-electron chi connectivity index (χ2n) is 5.97. The number of hydrogen-bond acceptors (Lipinski definition) is 3. The van der Waals surface area contributed by atoms with Crippen LogP contribution in [-0.4, -0.2) is 37.0 Å². The number of amides is 1. The summed E-state index contributed by atoms with van der Waals surface area (Å²) in [6.07, 6.45) is 5.44. The molecule has 2 saturated heterocycles. The summed E-state index contributed by atoms with van der Waals surface area (Å²) in [7, 11) is 1.68. The summed E-state index contributed by atoms with van der Waals surface area (Å²) in [5, 5.41) is 3.37.